The fourth-order valence-corrected chi connectivity index (χ4v) is 1.54. The van der Waals surface area contributed by atoms with Crippen molar-refractivity contribution >= 4 is 17.6 Å². The Labute approximate surface area is 100 Å². The third-order valence-electron chi connectivity index (χ3n) is 2.13. The standard InChI is InChI=1S/C12H15ClO3/c1-3-16-12(13)10-6-4-9(5-7-10)8-11(14)15-2/h4-7,12H,3,8H2,1-2H3. The second kappa shape index (κ2) is 6.51. The summed E-state index contributed by atoms with van der Waals surface area (Å²) in [7, 11) is 1.38. The molecule has 0 heterocycles. The number of hydrogen-bond donors (Lipinski definition) is 0. The van der Waals surface area contributed by atoms with Crippen LogP contribution in [-0.4, -0.2) is 19.7 Å². The maximum atomic E-state index is 11.0. The molecule has 1 aromatic carbocycles. The van der Waals surface area contributed by atoms with E-state index in [1.807, 2.05) is 31.2 Å². The lowest BCUT2D eigenvalue weighted by Crippen LogP contribution is -2.04. The zero-order chi connectivity index (χ0) is 12.0. The Balaban J connectivity index is 2.64. The summed E-state index contributed by atoms with van der Waals surface area (Å²) in [5.41, 5.74) is 1.35. The van der Waals surface area contributed by atoms with Gasteiger partial charge in [0, 0.05) is 6.61 Å². The summed E-state index contributed by atoms with van der Waals surface area (Å²) < 4.78 is 9.82. The first-order valence-corrected chi connectivity index (χ1v) is 5.52. The van der Waals surface area contributed by atoms with Gasteiger partial charge >= 0.3 is 5.97 Å². The van der Waals surface area contributed by atoms with Crippen molar-refractivity contribution in [2.24, 2.45) is 0 Å². The van der Waals surface area contributed by atoms with Crippen LogP contribution in [0.4, 0.5) is 0 Å². The average Bonchev–Trinajstić information content (AvgIpc) is 2.30. The molecule has 0 saturated carbocycles. The molecule has 0 radical (unpaired) electrons. The molecule has 0 saturated heterocycles. The molecule has 0 spiro atoms. The normalized spacial score (nSPS) is 12.2. The number of rotatable bonds is 5. The summed E-state index contributed by atoms with van der Waals surface area (Å²) in [5.74, 6) is -0.250. The fraction of sp³-hybridized carbons (Fsp3) is 0.417. The Morgan fingerprint density at radius 2 is 2.00 bits per heavy atom. The predicted octanol–water partition coefficient (Wildman–Crippen LogP) is 2.68. The highest BCUT2D eigenvalue weighted by atomic mass is 35.5. The second-order valence-electron chi connectivity index (χ2n) is 3.27. The first-order valence-electron chi connectivity index (χ1n) is 5.08. The smallest absolute Gasteiger partial charge is 0.309 e. The summed E-state index contributed by atoms with van der Waals surface area (Å²) in [6, 6.07) is 7.40. The van der Waals surface area contributed by atoms with Gasteiger partial charge in [-0.05, 0) is 18.1 Å². The predicted molar refractivity (Wildman–Crippen MR) is 62.4 cm³/mol. The first kappa shape index (κ1) is 13.0. The highest BCUT2D eigenvalue weighted by Gasteiger charge is 2.08. The number of alkyl halides is 1. The van der Waals surface area contributed by atoms with Crippen LogP contribution in [0.25, 0.3) is 0 Å². The Bertz CT molecular complexity index is 335. The molecule has 1 aromatic rings. The summed E-state index contributed by atoms with van der Waals surface area (Å²) >= 11 is 5.98. The molecule has 0 amide bonds. The zero-order valence-electron chi connectivity index (χ0n) is 9.40. The van der Waals surface area contributed by atoms with Crippen LogP contribution in [0.5, 0.6) is 0 Å². The molecule has 0 bridgehead atoms. The van der Waals surface area contributed by atoms with Crippen molar-refractivity contribution in [2.45, 2.75) is 18.9 Å². The molecule has 0 N–H and O–H groups in total. The van der Waals surface area contributed by atoms with E-state index < -0.39 is 5.56 Å². The Hall–Kier alpha value is -1.06. The molecule has 1 rings (SSSR count). The number of hydrogen-bond acceptors (Lipinski definition) is 3. The van der Waals surface area contributed by atoms with Crippen LogP contribution in [0.15, 0.2) is 24.3 Å². The van der Waals surface area contributed by atoms with Gasteiger partial charge in [-0.1, -0.05) is 35.9 Å². The summed E-state index contributed by atoms with van der Waals surface area (Å²) in [6.07, 6.45) is 0.276. The van der Waals surface area contributed by atoms with E-state index in [1.165, 1.54) is 7.11 Å². The monoisotopic (exact) mass is 242 g/mol. The van der Waals surface area contributed by atoms with Gasteiger partial charge in [0.2, 0.25) is 0 Å². The van der Waals surface area contributed by atoms with E-state index >= 15 is 0 Å². The van der Waals surface area contributed by atoms with E-state index in [0.29, 0.717) is 6.61 Å². The molecule has 1 unspecified atom stereocenters. The van der Waals surface area contributed by atoms with E-state index in [4.69, 9.17) is 16.3 Å². The van der Waals surface area contributed by atoms with Crippen molar-refractivity contribution in [3.8, 4) is 0 Å². The van der Waals surface area contributed by atoms with E-state index in [1.54, 1.807) is 0 Å². The molecule has 1 atom stereocenters. The number of esters is 1. The lowest BCUT2D eigenvalue weighted by molar-refractivity contribution is -0.139. The highest BCUT2D eigenvalue weighted by molar-refractivity contribution is 6.19. The van der Waals surface area contributed by atoms with Crippen LogP contribution >= 0.6 is 11.6 Å². The van der Waals surface area contributed by atoms with E-state index in [9.17, 15) is 4.79 Å². The van der Waals surface area contributed by atoms with Gasteiger partial charge in [-0.2, -0.15) is 0 Å². The van der Waals surface area contributed by atoms with Gasteiger partial charge in [0.05, 0.1) is 13.5 Å². The molecule has 0 aliphatic heterocycles. The van der Waals surface area contributed by atoms with Crippen molar-refractivity contribution in [3.63, 3.8) is 0 Å². The molecule has 0 aromatic heterocycles. The minimum Gasteiger partial charge on any atom is -0.469 e. The van der Waals surface area contributed by atoms with Gasteiger partial charge in [0.15, 0.2) is 5.56 Å². The molecule has 4 heteroatoms. The van der Waals surface area contributed by atoms with Crippen molar-refractivity contribution in [3.05, 3.63) is 35.4 Å². The van der Waals surface area contributed by atoms with Gasteiger partial charge in [0.25, 0.3) is 0 Å². The molecular weight excluding hydrogens is 228 g/mol. The highest BCUT2D eigenvalue weighted by Crippen LogP contribution is 2.21. The number of methoxy groups -OCH3 is 1. The summed E-state index contributed by atoms with van der Waals surface area (Å²) in [4.78, 5) is 11.0. The number of carbonyl (C=O) groups is 1. The quantitative estimate of drug-likeness (QED) is 0.588. The van der Waals surface area contributed by atoms with E-state index in [-0.39, 0.29) is 12.4 Å². The fourth-order valence-electron chi connectivity index (χ4n) is 1.27. The Morgan fingerprint density at radius 3 is 2.50 bits per heavy atom. The average molecular weight is 243 g/mol. The molecule has 0 aliphatic rings. The molecule has 0 aliphatic carbocycles. The lowest BCUT2D eigenvalue weighted by Gasteiger charge is -2.10. The number of benzene rings is 1. The lowest BCUT2D eigenvalue weighted by atomic mass is 10.1. The van der Waals surface area contributed by atoms with Crippen molar-refractivity contribution in [1.82, 2.24) is 0 Å². The molecule has 88 valence electrons. The molecule has 16 heavy (non-hydrogen) atoms. The first-order chi connectivity index (χ1) is 7.67. The largest absolute Gasteiger partial charge is 0.469 e. The zero-order valence-corrected chi connectivity index (χ0v) is 10.2. The topological polar surface area (TPSA) is 35.5 Å². The van der Waals surface area contributed by atoms with Crippen LogP contribution in [0, 0.1) is 0 Å². The van der Waals surface area contributed by atoms with Crippen LogP contribution < -0.4 is 0 Å². The SMILES string of the molecule is CCOC(Cl)c1ccc(CC(=O)OC)cc1. The number of halogens is 1. The summed E-state index contributed by atoms with van der Waals surface area (Å²) in [5, 5.41) is 0. The Kier molecular flexibility index (Phi) is 5.29. The van der Waals surface area contributed by atoms with Gasteiger partial charge in [-0.25, -0.2) is 0 Å². The number of ether oxygens (including phenoxy) is 2. The van der Waals surface area contributed by atoms with Crippen molar-refractivity contribution in [2.75, 3.05) is 13.7 Å². The second-order valence-corrected chi connectivity index (χ2v) is 3.66. The third kappa shape index (κ3) is 3.83. The van der Waals surface area contributed by atoms with Gasteiger partial charge in [-0.3, -0.25) is 4.79 Å². The van der Waals surface area contributed by atoms with Gasteiger partial charge in [0.1, 0.15) is 0 Å². The van der Waals surface area contributed by atoms with Crippen LogP contribution in [0.1, 0.15) is 23.6 Å². The van der Waals surface area contributed by atoms with Crippen molar-refractivity contribution < 1.29 is 14.3 Å². The van der Waals surface area contributed by atoms with Crippen LogP contribution in [0.3, 0.4) is 0 Å². The van der Waals surface area contributed by atoms with Gasteiger partial charge in [-0.15, -0.1) is 0 Å². The Morgan fingerprint density at radius 1 is 1.38 bits per heavy atom. The minimum absolute atomic E-state index is 0.250. The maximum absolute atomic E-state index is 11.0. The van der Waals surface area contributed by atoms with Gasteiger partial charge < -0.3 is 9.47 Å². The third-order valence-corrected chi connectivity index (χ3v) is 2.51. The summed E-state index contributed by atoms with van der Waals surface area (Å²) in [6.45, 7) is 2.46. The van der Waals surface area contributed by atoms with Crippen molar-refractivity contribution in [1.29, 1.82) is 0 Å². The van der Waals surface area contributed by atoms with E-state index in [2.05, 4.69) is 4.74 Å². The van der Waals surface area contributed by atoms with E-state index in [0.717, 1.165) is 11.1 Å². The van der Waals surface area contributed by atoms with Crippen LogP contribution in [0.2, 0.25) is 0 Å². The molecular formula is C12H15ClO3. The molecule has 3 nitrogen and oxygen atoms in total. The molecule has 0 fully saturated rings. The minimum atomic E-state index is -0.433. The number of carbonyl (C=O) groups excluding carboxylic acids is 1. The van der Waals surface area contributed by atoms with Crippen LogP contribution in [-0.2, 0) is 20.7 Å². The maximum Gasteiger partial charge on any atom is 0.309 e.